The molecule has 0 saturated heterocycles. The third kappa shape index (κ3) is 82.1. The van der Waals surface area contributed by atoms with Crippen LogP contribution in [-0.4, -0.2) is 45.7 Å². The third-order valence-corrected chi connectivity index (χ3v) is 0. The second kappa shape index (κ2) is 4.62. The monoisotopic (exact) mass is 65.1 g/mol. The quantitative estimate of drug-likeness (QED) is 0.309. The van der Waals surface area contributed by atoms with Gasteiger partial charge in [0.1, 0.15) is 0 Å². The van der Waals surface area contributed by atoms with Crippen LogP contribution in [0.1, 0.15) is 0 Å². The standard InChI is InChI=1S/C2H8BN.Li.H/c1-4(2)3;;/h3H2,1-2H3;;. The molecule has 0 N–H and O–H groups in total. The molecule has 1 nitrogen and oxygen atoms in total. The Labute approximate surface area is 46.3 Å². The molecule has 0 aromatic rings. The fourth-order valence-corrected chi connectivity index (χ4v) is 0. The molecule has 0 bridgehead atoms. The first kappa shape index (κ1) is 9.16. The van der Waals surface area contributed by atoms with Crippen molar-refractivity contribution in [2.24, 2.45) is 0 Å². The predicted octanol–water partition coefficient (Wildman–Crippen LogP) is -1.55. The summed E-state index contributed by atoms with van der Waals surface area (Å²) in [6, 6.07) is 0. The Kier molecular flexibility index (Phi) is 8.46. The zero-order valence-electron chi connectivity index (χ0n) is 3.45. The van der Waals surface area contributed by atoms with Crippen LogP contribution in [0.3, 0.4) is 0 Å². The number of rotatable bonds is 0. The van der Waals surface area contributed by atoms with Gasteiger partial charge in [0, 0.05) is 0 Å². The molecule has 0 aliphatic rings. The Morgan fingerprint density at radius 2 is 1.40 bits per heavy atom. The van der Waals surface area contributed by atoms with E-state index in [-0.39, 0.29) is 18.9 Å². The van der Waals surface area contributed by atoms with Crippen LogP contribution in [0.15, 0.2) is 0 Å². The van der Waals surface area contributed by atoms with Gasteiger partial charge in [-0.25, -0.2) is 0 Å². The average molecular weight is 64.9 g/mol. The minimum absolute atomic E-state index is 0. The second-order valence-corrected chi connectivity index (χ2v) is 1.34. The molecular weight excluding hydrogens is 55.8 g/mol. The van der Waals surface area contributed by atoms with E-state index in [1.807, 2.05) is 26.9 Å². The van der Waals surface area contributed by atoms with Crippen molar-refractivity contribution in [1.82, 2.24) is 4.81 Å². The molecular formula is C2H9BLiN. The van der Waals surface area contributed by atoms with E-state index >= 15 is 0 Å². The van der Waals surface area contributed by atoms with Crippen molar-refractivity contribution < 1.29 is 0 Å². The van der Waals surface area contributed by atoms with Crippen molar-refractivity contribution in [3.8, 4) is 0 Å². The van der Waals surface area contributed by atoms with Crippen molar-refractivity contribution in [3.63, 3.8) is 0 Å². The summed E-state index contributed by atoms with van der Waals surface area (Å²) >= 11 is 0. The first-order valence-electron chi connectivity index (χ1n) is 1.34. The third-order valence-electron chi connectivity index (χ3n) is 0. The summed E-state index contributed by atoms with van der Waals surface area (Å²) in [5.74, 6) is 0. The van der Waals surface area contributed by atoms with Crippen LogP contribution in [-0.2, 0) is 0 Å². The minimum atomic E-state index is 0. The van der Waals surface area contributed by atoms with Crippen LogP contribution in [0, 0.1) is 0 Å². The molecule has 0 aromatic carbocycles. The number of hydrogen-bond donors (Lipinski definition) is 0. The molecule has 0 aliphatic carbocycles. The van der Waals surface area contributed by atoms with Gasteiger partial charge in [-0.2, -0.15) is 0 Å². The molecule has 0 spiro atoms. The fourth-order valence-electron chi connectivity index (χ4n) is 0. The van der Waals surface area contributed by atoms with Crippen molar-refractivity contribution in [2.45, 2.75) is 0 Å². The van der Waals surface area contributed by atoms with Crippen LogP contribution in [0.4, 0.5) is 0 Å². The van der Waals surface area contributed by atoms with Gasteiger partial charge >= 0.3 is 18.9 Å². The molecule has 0 radical (unpaired) electrons. The van der Waals surface area contributed by atoms with Gasteiger partial charge in [0.15, 0.2) is 7.98 Å². The summed E-state index contributed by atoms with van der Waals surface area (Å²) in [6.45, 7) is 0. The SMILES string of the molecule is BN(C)C.[LiH]. The molecule has 0 amide bonds. The molecule has 3 heteroatoms. The number of nitrogens with zero attached hydrogens (tertiary/aromatic N) is 1. The Morgan fingerprint density at radius 1 is 1.40 bits per heavy atom. The molecule has 26 valence electrons. The van der Waals surface area contributed by atoms with Crippen molar-refractivity contribution in [3.05, 3.63) is 0 Å². The first-order valence-corrected chi connectivity index (χ1v) is 1.34. The molecule has 0 saturated carbocycles. The second-order valence-electron chi connectivity index (χ2n) is 1.34. The summed E-state index contributed by atoms with van der Waals surface area (Å²) in [4.78, 5) is 2.00. The van der Waals surface area contributed by atoms with E-state index in [9.17, 15) is 0 Å². The zero-order chi connectivity index (χ0) is 3.58. The van der Waals surface area contributed by atoms with E-state index < -0.39 is 0 Å². The van der Waals surface area contributed by atoms with Crippen LogP contribution in [0.2, 0.25) is 0 Å². The summed E-state index contributed by atoms with van der Waals surface area (Å²) < 4.78 is 0. The van der Waals surface area contributed by atoms with E-state index in [0.717, 1.165) is 0 Å². The normalized spacial score (nSPS) is 7.00. The summed E-state index contributed by atoms with van der Waals surface area (Å²) in [6.07, 6.45) is 0. The topological polar surface area (TPSA) is 3.24 Å². The molecule has 0 unspecified atom stereocenters. The van der Waals surface area contributed by atoms with Crippen molar-refractivity contribution >= 4 is 26.8 Å². The first-order chi connectivity index (χ1) is 1.73. The predicted molar refractivity (Wildman–Crippen MR) is 29.4 cm³/mol. The van der Waals surface area contributed by atoms with Gasteiger partial charge < -0.3 is 4.81 Å². The van der Waals surface area contributed by atoms with Gasteiger partial charge in [0.2, 0.25) is 0 Å². The van der Waals surface area contributed by atoms with Crippen LogP contribution >= 0.6 is 0 Å². The van der Waals surface area contributed by atoms with E-state index in [2.05, 4.69) is 0 Å². The molecule has 0 aliphatic heterocycles. The van der Waals surface area contributed by atoms with E-state index in [1.54, 1.807) is 0 Å². The zero-order valence-corrected chi connectivity index (χ0v) is 3.45. The summed E-state index contributed by atoms with van der Waals surface area (Å²) in [5.41, 5.74) is 0. The molecule has 0 rings (SSSR count). The summed E-state index contributed by atoms with van der Waals surface area (Å²) in [5, 5.41) is 0. The van der Waals surface area contributed by atoms with Gasteiger partial charge in [0.05, 0.1) is 0 Å². The van der Waals surface area contributed by atoms with Gasteiger partial charge in [0.25, 0.3) is 0 Å². The van der Waals surface area contributed by atoms with Crippen molar-refractivity contribution in [1.29, 1.82) is 0 Å². The Bertz CT molecular complexity index is 14.4. The maximum atomic E-state index is 2.00. The van der Waals surface area contributed by atoms with E-state index in [0.29, 0.717) is 0 Å². The Morgan fingerprint density at radius 3 is 1.40 bits per heavy atom. The van der Waals surface area contributed by atoms with Crippen LogP contribution in [0.5, 0.6) is 0 Å². The van der Waals surface area contributed by atoms with Crippen LogP contribution < -0.4 is 0 Å². The van der Waals surface area contributed by atoms with Gasteiger partial charge in [-0.05, 0) is 14.1 Å². The molecule has 0 atom stereocenters. The van der Waals surface area contributed by atoms with Gasteiger partial charge in [-0.3, -0.25) is 0 Å². The van der Waals surface area contributed by atoms with Crippen molar-refractivity contribution in [2.75, 3.05) is 14.1 Å². The average Bonchev–Trinajstić information content (AvgIpc) is 0.811. The fraction of sp³-hybridized carbons (Fsp3) is 1.00. The Balaban J connectivity index is 0. The molecule has 0 heterocycles. The van der Waals surface area contributed by atoms with E-state index in [1.165, 1.54) is 0 Å². The Hall–Kier alpha value is 0.622. The number of hydrogen-bond acceptors (Lipinski definition) is 1. The van der Waals surface area contributed by atoms with Crippen LogP contribution in [0.25, 0.3) is 0 Å². The molecule has 0 fully saturated rings. The van der Waals surface area contributed by atoms with Gasteiger partial charge in [-0.1, -0.05) is 0 Å². The molecule has 5 heavy (non-hydrogen) atoms. The molecule has 0 aromatic heterocycles. The maximum absolute atomic E-state index is 2.00. The van der Waals surface area contributed by atoms with Gasteiger partial charge in [-0.15, -0.1) is 0 Å². The van der Waals surface area contributed by atoms with E-state index in [4.69, 9.17) is 0 Å². The summed E-state index contributed by atoms with van der Waals surface area (Å²) in [7, 11) is 6.00.